The Labute approximate surface area is 80.3 Å². The fraction of sp³-hybridized carbons (Fsp3) is 0.444. The molecule has 1 aromatic rings. The van der Waals surface area contributed by atoms with Gasteiger partial charge in [0.05, 0.1) is 6.42 Å². The number of hydrogen-bond donors (Lipinski definition) is 1. The first-order valence-corrected chi connectivity index (χ1v) is 4.48. The zero-order valence-corrected chi connectivity index (χ0v) is 7.67. The maximum atomic E-state index is 10.6. The molecule has 3 nitrogen and oxygen atoms in total. The standard InChI is InChI=1S/C9H9ClO3/c10-7-2-1-6(13-7)9(3-4-9)5-8(11)12/h1-2H,3-5H2,(H,11,12). The third kappa shape index (κ3) is 1.56. The number of hydrogen-bond acceptors (Lipinski definition) is 2. The van der Waals surface area contributed by atoms with Gasteiger partial charge in [-0.2, -0.15) is 0 Å². The van der Waals surface area contributed by atoms with Crippen molar-refractivity contribution in [2.45, 2.75) is 24.7 Å². The lowest BCUT2D eigenvalue weighted by Crippen LogP contribution is -2.11. The van der Waals surface area contributed by atoms with Crippen molar-refractivity contribution in [3.8, 4) is 0 Å². The molecule has 0 aliphatic heterocycles. The van der Waals surface area contributed by atoms with Crippen molar-refractivity contribution in [1.29, 1.82) is 0 Å². The molecule has 0 saturated heterocycles. The number of aliphatic carboxylic acids is 1. The molecule has 1 saturated carbocycles. The molecule has 1 aliphatic rings. The van der Waals surface area contributed by atoms with Crippen LogP contribution in [0.5, 0.6) is 0 Å². The number of carbonyl (C=O) groups is 1. The van der Waals surface area contributed by atoms with Gasteiger partial charge in [0.2, 0.25) is 0 Å². The molecule has 1 N–H and O–H groups in total. The molecule has 0 bridgehead atoms. The van der Waals surface area contributed by atoms with Gasteiger partial charge in [0.25, 0.3) is 0 Å². The Balaban J connectivity index is 2.20. The molecule has 0 atom stereocenters. The molecule has 1 heterocycles. The predicted octanol–water partition coefficient (Wildman–Crippen LogP) is 2.44. The maximum Gasteiger partial charge on any atom is 0.304 e. The molecule has 13 heavy (non-hydrogen) atoms. The highest BCUT2D eigenvalue weighted by atomic mass is 35.5. The van der Waals surface area contributed by atoms with E-state index in [4.69, 9.17) is 21.1 Å². The Kier molecular flexibility index (Phi) is 1.84. The molecule has 0 radical (unpaired) electrons. The molecule has 0 spiro atoms. The first-order valence-electron chi connectivity index (χ1n) is 4.10. The minimum Gasteiger partial charge on any atom is -0.481 e. The summed E-state index contributed by atoms with van der Waals surface area (Å²) < 4.78 is 5.21. The second-order valence-electron chi connectivity index (χ2n) is 3.45. The van der Waals surface area contributed by atoms with Crippen LogP contribution >= 0.6 is 11.6 Å². The Bertz CT molecular complexity index is 338. The Morgan fingerprint density at radius 1 is 1.62 bits per heavy atom. The summed E-state index contributed by atoms with van der Waals surface area (Å²) in [4.78, 5) is 10.6. The van der Waals surface area contributed by atoms with Gasteiger partial charge in [-0.15, -0.1) is 0 Å². The molecule has 1 aromatic heterocycles. The van der Waals surface area contributed by atoms with E-state index in [1.54, 1.807) is 12.1 Å². The van der Waals surface area contributed by atoms with Crippen LogP contribution in [-0.4, -0.2) is 11.1 Å². The third-order valence-electron chi connectivity index (χ3n) is 2.44. The summed E-state index contributed by atoms with van der Waals surface area (Å²) in [6.07, 6.45) is 1.89. The van der Waals surface area contributed by atoms with Crippen LogP contribution in [-0.2, 0) is 10.2 Å². The quantitative estimate of drug-likeness (QED) is 0.816. The summed E-state index contributed by atoms with van der Waals surface area (Å²) in [5.41, 5.74) is -0.265. The van der Waals surface area contributed by atoms with Crippen LogP contribution < -0.4 is 0 Å². The van der Waals surface area contributed by atoms with E-state index in [0.717, 1.165) is 12.8 Å². The summed E-state index contributed by atoms with van der Waals surface area (Å²) in [5.74, 6) is -0.0788. The second kappa shape index (κ2) is 2.77. The fourth-order valence-electron chi connectivity index (χ4n) is 1.55. The van der Waals surface area contributed by atoms with Gasteiger partial charge in [0, 0.05) is 5.41 Å². The second-order valence-corrected chi connectivity index (χ2v) is 3.83. The summed E-state index contributed by atoms with van der Waals surface area (Å²) in [6, 6.07) is 3.41. The maximum absolute atomic E-state index is 10.6. The van der Waals surface area contributed by atoms with E-state index in [1.807, 2.05) is 0 Å². The average Bonchev–Trinajstić information content (AvgIpc) is 2.65. The summed E-state index contributed by atoms with van der Waals surface area (Å²) >= 11 is 5.62. The molecule has 0 unspecified atom stereocenters. The van der Waals surface area contributed by atoms with E-state index in [2.05, 4.69) is 0 Å². The summed E-state index contributed by atoms with van der Waals surface area (Å²) in [5, 5.41) is 9.01. The number of furan rings is 1. The highest BCUT2D eigenvalue weighted by molar-refractivity contribution is 6.28. The van der Waals surface area contributed by atoms with E-state index >= 15 is 0 Å². The fourth-order valence-corrected chi connectivity index (χ4v) is 1.70. The number of carboxylic acids is 1. The van der Waals surface area contributed by atoms with Crippen LogP contribution in [0.3, 0.4) is 0 Å². The zero-order valence-electron chi connectivity index (χ0n) is 6.92. The Hall–Kier alpha value is -0.960. The van der Waals surface area contributed by atoms with Gasteiger partial charge >= 0.3 is 5.97 Å². The molecular formula is C9H9ClO3. The van der Waals surface area contributed by atoms with Crippen molar-refractivity contribution in [1.82, 2.24) is 0 Å². The minimum absolute atomic E-state index is 0.136. The summed E-state index contributed by atoms with van der Waals surface area (Å²) in [6.45, 7) is 0. The van der Waals surface area contributed by atoms with Crippen LogP contribution in [0, 0.1) is 0 Å². The van der Waals surface area contributed by atoms with Crippen molar-refractivity contribution in [2.75, 3.05) is 0 Å². The van der Waals surface area contributed by atoms with Crippen LogP contribution in [0.15, 0.2) is 16.5 Å². The van der Waals surface area contributed by atoms with E-state index in [-0.39, 0.29) is 11.8 Å². The van der Waals surface area contributed by atoms with Gasteiger partial charge in [0.15, 0.2) is 5.22 Å². The highest BCUT2D eigenvalue weighted by Crippen LogP contribution is 2.51. The molecule has 0 amide bonds. The lowest BCUT2D eigenvalue weighted by Gasteiger charge is -2.07. The smallest absolute Gasteiger partial charge is 0.304 e. The lowest BCUT2D eigenvalue weighted by molar-refractivity contribution is -0.137. The van der Waals surface area contributed by atoms with Gasteiger partial charge < -0.3 is 9.52 Å². The number of carboxylic acid groups (broad SMARTS) is 1. The third-order valence-corrected chi connectivity index (χ3v) is 2.64. The van der Waals surface area contributed by atoms with Gasteiger partial charge in [0.1, 0.15) is 5.76 Å². The molecule has 2 rings (SSSR count). The molecular weight excluding hydrogens is 192 g/mol. The molecule has 1 fully saturated rings. The monoisotopic (exact) mass is 200 g/mol. The predicted molar refractivity (Wildman–Crippen MR) is 46.9 cm³/mol. The molecule has 0 aromatic carbocycles. The van der Waals surface area contributed by atoms with Gasteiger partial charge in [-0.1, -0.05) is 0 Å². The van der Waals surface area contributed by atoms with E-state index in [9.17, 15) is 4.79 Å². The number of rotatable bonds is 3. The molecule has 1 aliphatic carbocycles. The number of halogens is 1. The zero-order chi connectivity index (χ0) is 9.47. The topological polar surface area (TPSA) is 50.4 Å². The van der Waals surface area contributed by atoms with Gasteiger partial charge in [-0.3, -0.25) is 4.79 Å². The van der Waals surface area contributed by atoms with Crippen molar-refractivity contribution >= 4 is 17.6 Å². The van der Waals surface area contributed by atoms with Gasteiger partial charge in [-0.05, 0) is 36.6 Å². The first-order chi connectivity index (χ1) is 6.12. The highest BCUT2D eigenvalue weighted by Gasteiger charge is 2.48. The van der Waals surface area contributed by atoms with E-state index in [0.29, 0.717) is 11.0 Å². The first kappa shape index (κ1) is 8.63. The van der Waals surface area contributed by atoms with Crippen LogP contribution in [0.1, 0.15) is 25.0 Å². The summed E-state index contributed by atoms with van der Waals surface area (Å²) in [7, 11) is 0. The lowest BCUT2D eigenvalue weighted by atomic mass is 10.00. The Morgan fingerprint density at radius 3 is 2.69 bits per heavy atom. The van der Waals surface area contributed by atoms with Gasteiger partial charge in [-0.25, -0.2) is 0 Å². The SMILES string of the molecule is O=C(O)CC1(c2ccc(Cl)o2)CC1. The molecule has 70 valence electrons. The van der Waals surface area contributed by atoms with Crippen molar-refractivity contribution in [3.05, 3.63) is 23.1 Å². The molecule has 4 heteroatoms. The largest absolute Gasteiger partial charge is 0.481 e. The minimum atomic E-state index is -0.787. The average molecular weight is 201 g/mol. The van der Waals surface area contributed by atoms with Crippen LogP contribution in [0.2, 0.25) is 5.22 Å². The van der Waals surface area contributed by atoms with E-state index < -0.39 is 5.97 Å². The van der Waals surface area contributed by atoms with Crippen LogP contribution in [0.4, 0.5) is 0 Å². The van der Waals surface area contributed by atoms with E-state index in [1.165, 1.54) is 0 Å². The normalized spacial score (nSPS) is 18.5. The Morgan fingerprint density at radius 2 is 2.31 bits per heavy atom. The van der Waals surface area contributed by atoms with Crippen molar-refractivity contribution in [3.63, 3.8) is 0 Å². The van der Waals surface area contributed by atoms with Crippen LogP contribution in [0.25, 0.3) is 0 Å². The van der Waals surface area contributed by atoms with Crippen molar-refractivity contribution in [2.24, 2.45) is 0 Å². The van der Waals surface area contributed by atoms with Crippen molar-refractivity contribution < 1.29 is 14.3 Å².